The van der Waals surface area contributed by atoms with Gasteiger partial charge in [-0.1, -0.05) is 60.7 Å². The van der Waals surface area contributed by atoms with Gasteiger partial charge < -0.3 is 35.2 Å². The monoisotopic (exact) mass is 1570 g/mol. The van der Waals surface area contributed by atoms with Crippen LogP contribution in [0.2, 0.25) is 0 Å². The highest BCUT2D eigenvalue weighted by atomic mass is 79.9. The number of sulfonamides is 4. The lowest BCUT2D eigenvalue weighted by Crippen LogP contribution is -2.40. The van der Waals surface area contributed by atoms with Gasteiger partial charge in [-0.25, -0.2) is 66.0 Å². The smallest absolute Gasteiger partial charge is 0.274 e. The molecule has 0 aliphatic carbocycles. The molecule has 0 aliphatic heterocycles. The number of rotatable bonds is 17. The number of halogens is 3. The maximum atomic E-state index is 12.8. The highest BCUT2D eigenvalue weighted by Gasteiger charge is 2.32. The van der Waals surface area contributed by atoms with Crippen LogP contribution in [-0.2, 0) is 49.1 Å². The van der Waals surface area contributed by atoms with Gasteiger partial charge in [0.15, 0.2) is 49.8 Å². The molecule has 22 nitrogen and oxygen atoms in total. The Morgan fingerprint density at radius 1 is 0.416 bits per heavy atom. The van der Waals surface area contributed by atoms with Crippen molar-refractivity contribution in [3.05, 3.63) is 108 Å². The van der Waals surface area contributed by atoms with Crippen LogP contribution in [0, 0.1) is 0 Å². The Balaban J connectivity index is 0.000000303. The van der Waals surface area contributed by atoms with Crippen molar-refractivity contribution in [2.45, 2.75) is 126 Å². The summed E-state index contributed by atoms with van der Waals surface area (Å²) in [4.78, 5) is 4.81. The van der Waals surface area contributed by atoms with Gasteiger partial charge in [-0.05, 0) is 115 Å². The van der Waals surface area contributed by atoms with Crippen molar-refractivity contribution >= 4 is 171 Å². The van der Waals surface area contributed by atoms with Crippen molar-refractivity contribution in [2.24, 2.45) is 4.99 Å². The zero-order chi connectivity index (χ0) is 68.1. The third kappa shape index (κ3) is 24.2. The third-order valence-corrected chi connectivity index (χ3v) is 27.7. The Hall–Kier alpha value is -3.95. The van der Waals surface area contributed by atoms with Crippen LogP contribution in [-0.4, -0.2) is 106 Å². The molecule has 2 aromatic carbocycles. The molecule has 0 bridgehead atoms. The molecule has 0 spiro atoms. The summed E-state index contributed by atoms with van der Waals surface area (Å²) in [5.41, 5.74) is 12.8. The SMILES string of the molecule is COc1c(Br)csc1S(=O)(=O)Cl.COc1c(Br)csc1S(=O)(=O)NC(C)(C)C.COc1c(N)csc1S(=O)(=O)NC(C)(C)C.COc1c(N)csc1S(=O)(=O)NC(C)(C)C.COc1c(N=C(c2ccccc2)c2ccccc2)csc1S(=O)(=O)NC(C)(C)C. The van der Waals surface area contributed by atoms with E-state index in [1.807, 2.05) is 60.7 Å². The van der Waals surface area contributed by atoms with E-state index in [1.54, 1.807) is 110 Å². The summed E-state index contributed by atoms with van der Waals surface area (Å²) in [6, 6.07) is 19.6. The quantitative estimate of drug-likeness (QED) is 0.0364. The van der Waals surface area contributed by atoms with Gasteiger partial charge >= 0.3 is 0 Å². The van der Waals surface area contributed by atoms with Crippen molar-refractivity contribution < 1.29 is 65.8 Å². The highest BCUT2D eigenvalue weighted by molar-refractivity contribution is 9.11. The molecular formula is C54H74Br2ClN7O15S10. The van der Waals surface area contributed by atoms with E-state index in [0.717, 1.165) is 73.5 Å². The van der Waals surface area contributed by atoms with Crippen LogP contribution in [0.5, 0.6) is 28.7 Å². The van der Waals surface area contributed by atoms with E-state index in [1.165, 1.54) is 35.5 Å². The topological polar surface area (TPSA) is 329 Å². The molecule has 0 amide bonds. The molecule has 89 heavy (non-hydrogen) atoms. The van der Waals surface area contributed by atoms with Gasteiger partial charge in [0.1, 0.15) is 5.69 Å². The van der Waals surface area contributed by atoms with Crippen molar-refractivity contribution in [3.8, 4) is 28.7 Å². The van der Waals surface area contributed by atoms with Gasteiger partial charge in [-0.2, -0.15) is 0 Å². The lowest BCUT2D eigenvalue weighted by Gasteiger charge is -2.20. The zero-order valence-electron chi connectivity index (χ0n) is 51.6. The predicted octanol–water partition coefficient (Wildman–Crippen LogP) is 12.9. The average molecular weight is 1580 g/mol. The number of methoxy groups -OCH3 is 5. The van der Waals surface area contributed by atoms with Crippen LogP contribution in [0.3, 0.4) is 0 Å². The van der Waals surface area contributed by atoms with Crippen LogP contribution < -0.4 is 54.0 Å². The van der Waals surface area contributed by atoms with Crippen molar-refractivity contribution in [1.82, 2.24) is 18.9 Å². The molecule has 0 atom stereocenters. The Morgan fingerprint density at radius 3 is 0.955 bits per heavy atom. The van der Waals surface area contributed by atoms with Crippen molar-refractivity contribution in [2.75, 3.05) is 47.0 Å². The minimum Gasteiger partial charge on any atom is -0.493 e. The first-order valence-corrected chi connectivity index (χ1v) is 39.8. The van der Waals surface area contributed by atoms with E-state index in [-0.39, 0.29) is 44.0 Å². The summed E-state index contributed by atoms with van der Waals surface area (Å²) in [7, 11) is -5.87. The first kappa shape index (κ1) is 79.3. The fraction of sp³-hybridized carbons (Fsp3) is 0.389. The summed E-state index contributed by atoms with van der Waals surface area (Å²) in [5, 5.41) is 8.11. The second kappa shape index (κ2) is 32.3. The van der Waals surface area contributed by atoms with Gasteiger partial charge in [0.25, 0.3) is 49.1 Å². The number of ether oxygens (including phenoxy) is 5. The van der Waals surface area contributed by atoms with Crippen LogP contribution in [0.25, 0.3) is 0 Å². The van der Waals surface area contributed by atoms with Crippen LogP contribution in [0.4, 0.5) is 17.1 Å². The summed E-state index contributed by atoms with van der Waals surface area (Å²) < 4.78 is 157. The van der Waals surface area contributed by atoms with E-state index >= 15 is 0 Å². The molecule has 35 heteroatoms. The number of thiophene rings is 5. The molecule has 0 fully saturated rings. The summed E-state index contributed by atoms with van der Waals surface area (Å²) >= 11 is 11.7. The fourth-order valence-corrected chi connectivity index (χ4v) is 22.0. The minimum absolute atomic E-state index is 0.0264. The summed E-state index contributed by atoms with van der Waals surface area (Å²) in [5.74, 6) is 1.27. The number of anilines is 2. The number of benzene rings is 2. The predicted molar refractivity (Wildman–Crippen MR) is 370 cm³/mol. The third-order valence-electron chi connectivity index (χ3n) is 9.83. The van der Waals surface area contributed by atoms with E-state index in [4.69, 9.17) is 50.8 Å². The van der Waals surface area contributed by atoms with Crippen LogP contribution in [0.15, 0.2) is 123 Å². The van der Waals surface area contributed by atoms with E-state index in [0.29, 0.717) is 31.8 Å². The molecule has 0 unspecified atom stereocenters. The number of hydrogen-bond acceptors (Lipinski definition) is 23. The van der Waals surface area contributed by atoms with Crippen molar-refractivity contribution in [3.63, 3.8) is 0 Å². The number of nitrogen functional groups attached to an aromatic ring is 2. The molecular weight excluding hydrogens is 1500 g/mol. The largest absolute Gasteiger partial charge is 0.493 e. The maximum Gasteiger partial charge on any atom is 0.274 e. The fourth-order valence-electron chi connectivity index (χ4n) is 6.97. The second-order valence-corrected chi connectivity index (χ2v) is 38.7. The standard InChI is InChI=1S/C22H24N2O3S2.C9H14BrNO3S2.2C9H16N2O3S2.C5H4BrClO3S2/c1-22(2,3)24-29(25,26)21-20(27-4)18(15-28-21)23-19(16-11-7-5-8-12-16)17-13-9-6-10-14-17;3*1-9(2,3)11-16(12,13)8-7(14-4)6(10)5-15-8;1-10-4-3(6)2-11-5(4)12(7,8)9/h5-15,24H,1-4H3;5,11H,1-4H3;2*5,11H,10H2,1-4H3;2H,1H3. The van der Waals surface area contributed by atoms with E-state index in [9.17, 15) is 42.1 Å². The van der Waals surface area contributed by atoms with Crippen molar-refractivity contribution in [1.29, 1.82) is 0 Å². The molecule has 7 rings (SSSR count). The Morgan fingerprint density at radius 2 is 0.674 bits per heavy atom. The van der Waals surface area contributed by atoms with Gasteiger partial charge in [0.2, 0.25) is 0 Å². The summed E-state index contributed by atoms with van der Waals surface area (Å²) in [6.45, 7) is 21.4. The normalized spacial score (nSPS) is 12.3. The molecule has 496 valence electrons. The Kier molecular flexibility index (Phi) is 28.7. The molecule has 5 aromatic heterocycles. The van der Waals surface area contributed by atoms with Gasteiger partial charge in [0, 0.05) is 70.9 Å². The Bertz CT molecular complexity index is 3840. The highest BCUT2D eigenvalue weighted by Crippen LogP contribution is 2.43. The Labute approximate surface area is 565 Å². The first-order valence-electron chi connectivity index (χ1n) is 25.6. The lowest BCUT2D eigenvalue weighted by atomic mass is 10.0. The van der Waals surface area contributed by atoms with Gasteiger partial charge in [-0.3, -0.25) is 0 Å². The molecule has 0 radical (unpaired) electrons. The molecule has 8 N–H and O–H groups in total. The van der Waals surface area contributed by atoms with E-state index in [2.05, 4.69) is 50.7 Å². The molecule has 7 aromatic rings. The second-order valence-electron chi connectivity index (χ2n) is 22.3. The number of aliphatic imine (C=N–C) groups is 1. The molecule has 0 saturated heterocycles. The number of hydrogen-bond donors (Lipinski definition) is 6. The first-order chi connectivity index (χ1) is 40.7. The average Bonchev–Trinajstić information content (AvgIpc) is 3.89. The number of nitrogens with one attached hydrogen (secondary N) is 4. The zero-order valence-corrected chi connectivity index (χ0v) is 63.7. The van der Waals surface area contributed by atoms with Gasteiger partial charge in [-0.15, -0.1) is 56.7 Å². The number of nitrogens with zero attached hydrogens (tertiary/aromatic N) is 1. The maximum absolute atomic E-state index is 12.8. The minimum atomic E-state index is -3.73. The molecule has 5 heterocycles. The van der Waals surface area contributed by atoms with Crippen LogP contribution in [0.1, 0.15) is 94.2 Å². The number of nitrogens with two attached hydrogens (primary N) is 2. The van der Waals surface area contributed by atoms with Gasteiger partial charge in [0.05, 0.1) is 61.6 Å². The van der Waals surface area contributed by atoms with Crippen LogP contribution >= 0.6 is 99.2 Å². The molecule has 0 saturated carbocycles. The van der Waals surface area contributed by atoms with E-state index < -0.39 is 71.3 Å². The molecule has 0 aliphatic rings. The lowest BCUT2D eigenvalue weighted by molar-refractivity contribution is 0.402. The summed E-state index contributed by atoms with van der Waals surface area (Å²) in [6.07, 6.45) is 0.